The van der Waals surface area contributed by atoms with Gasteiger partial charge in [-0.1, -0.05) is 24.3 Å². The van der Waals surface area contributed by atoms with Crippen LogP contribution in [-0.4, -0.2) is 60.8 Å². The summed E-state index contributed by atoms with van der Waals surface area (Å²) in [6.07, 6.45) is 6.66. The fourth-order valence-electron chi connectivity index (χ4n) is 7.40. The predicted octanol–water partition coefficient (Wildman–Crippen LogP) is 8.97. The lowest BCUT2D eigenvalue weighted by Gasteiger charge is -2.11. The second kappa shape index (κ2) is 12.8. The standard InChI is InChI=1S/C44H30N4O8/c49-29-5-1-6-30(50)41(29)37-21-13-15-23(45-21)38(42-31(51)7-2-8-32(42)52)25-17-19-27(47-25)40(44-35(55)11-4-12-36(44)56)28-20-18-26(48-28)39(24-16-14-22(37)46-24)43-33(53)9-3-10-34(43)54/h1-20,45,48-56H. The molecule has 0 aliphatic carbocycles. The van der Waals surface area contributed by atoms with Gasteiger partial charge < -0.3 is 50.8 Å². The minimum absolute atomic E-state index is 0.0585. The number of phenolic OH excluding ortho intramolecular Hbond substituents is 8. The van der Waals surface area contributed by atoms with Gasteiger partial charge >= 0.3 is 0 Å². The second-order valence-corrected chi connectivity index (χ2v) is 13.2. The summed E-state index contributed by atoms with van der Waals surface area (Å²) >= 11 is 0. The molecule has 12 nitrogen and oxygen atoms in total. The van der Waals surface area contributed by atoms with E-state index < -0.39 is 0 Å². The van der Waals surface area contributed by atoms with Crippen molar-refractivity contribution in [3.05, 3.63) is 120 Å². The van der Waals surface area contributed by atoms with Gasteiger partial charge in [0.1, 0.15) is 46.0 Å². The average Bonchev–Trinajstić information content (AvgIpc) is 4.00. The minimum atomic E-state index is -0.243. The molecule has 0 saturated heterocycles. The predicted molar refractivity (Wildman–Crippen MR) is 214 cm³/mol. The molecule has 2 aliphatic rings. The van der Waals surface area contributed by atoms with Crippen molar-refractivity contribution < 1.29 is 40.9 Å². The second-order valence-electron chi connectivity index (χ2n) is 13.2. The van der Waals surface area contributed by atoms with Gasteiger partial charge in [0, 0.05) is 44.3 Å². The SMILES string of the molecule is Oc1cccc(O)c1-c1c2nc(c(-c3c(O)cccc3O)c3ccc([nH]3)c(-c3c(O)cccc3O)c3nc(c(-c4c(O)cccc4O)c4ccc1[nH]4)C=C3)C=C2. The lowest BCUT2D eigenvalue weighted by atomic mass is 10.0. The number of aromatic nitrogens is 4. The Hall–Kier alpha value is -8.12. The molecule has 0 atom stereocenters. The van der Waals surface area contributed by atoms with Gasteiger partial charge in [-0.15, -0.1) is 0 Å². The summed E-state index contributed by atoms with van der Waals surface area (Å²) in [6.45, 7) is 0. The van der Waals surface area contributed by atoms with Crippen molar-refractivity contribution >= 4 is 46.4 Å². The van der Waals surface area contributed by atoms with Gasteiger partial charge in [-0.05, 0) is 97.1 Å². The summed E-state index contributed by atoms with van der Waals surface area (Å²) in [6, 6.07) is 24.2. The Morgan fingerprint density at radius 2 is 0.464 bits per heavy atom. The third kappa shape index (κ3) is 5.31. The average molecular weight is 743 g/mol. The van der Waals surface area contributed by atoms with Crippen LogP contribution in [0.1, 0.15) is 22.8 Å². The van der Waals surface area contributed by atoms with Crippen molar-refractivity contribution in [2.24, 2.45) is 0 Å². The van der Waals surface area contributed by atoms with Gasteiger partial charge in [-0.2, -0.15) is 0 Å². The number of benzene rings is 4. The number of nitrogens with zero attached hydrogens (tertiary/aromatic N) is 2. The van der Waals surface area contributed by atoms with Crippen LogP contribution >= 0.6 is 0 Å². The van der Waals surface area contributed by atoms with Gasteiger partial charge in [0.15, 0.2) is 0 Å². The molecule has 10 N–H and O–H groups in total. The van der Waals surface area contributed by atoms with Gasteiger partial charge in [-0.3, -0.25) is 0 Å². The van der Waals surface area contributed by atoms with Crippen LogP contribution in [-0.2, 0) is 0 Å². The van der Waals surface area contributed by atoms with E-state index in [1.54, 1.807) is 48.6 Å². The molecule has 0 fully saturated rings. The zero-order valence-electron chi connectivity index (χ0n) is 29.0. The van der Waals surface area contributed by atoms with E-state index >= 15 is 0 Å². The molecule has 0 radical (unpaired) electrons. The smallest absolute Gasteiger partial charge is 0.127 e. The van der Waals surface area contributed by atoms with Crippen molar-refractivity contribution in [1.82, 2.24) is 19.9 Å². The molecule has 3 aromatic heterocycles. The number of aromatic hydroxyl groups is 8. The maximum atomic E-state index is 11.2. The maximum absolute atomic E-state index is 11.2. The quantitative estimate of drug-likeness (QED) is 0.0825. The lowest BCUT2D eigenvalue weighted by Crippen LogP contribution is -1.91. The number of fused-ring (bicyclic) bond motifs is 8. The first-order chi connectivity index (χ1) is 27.1. The minimum Gasteiger partial charge on any atom is -0.507 e. The molecule has 7 aromatic rings. The van der Waals surface area contributed by atoms with E-state index in [1.807, 2.05) is 0 Å². The molecular formula is C44H30N4O8. The van der Waals surface area contributed by atoms with Gasteiger partial charge in [0.05, 0.1) is 45.0 Å². The lowest BCUT2D eigenvalue weighted by molar-refractivity contribution is 0.453. The zero-order chi connectivity index (χ0) is 38.8. The fraction of sp³-hybridized carbons (Fsp3) is 0. The molecule has 4 aromatic carbocycles. The normalized spacial score (nSPS) is 12.0. The number of hydrogen-bond acceptors (Lipinski definition) is 10. The number of phenols is 8. The van der Waals surface area contributed by atoms with Gasteiger partial charge in [-0.25, -0.2) is 9.97 Å². The van der Waals surface area contributed by atoms with Crippen molar-refractivity contribution in [2.45, 2.75) is 0 Å². The van der Waals surface area contributed by atoms with Crippen LogP contribution in [0.5, 0.6) is 46.0 Å². The van der Waals surface area contributed by atoms with Crippen molar-refractivity contribution in [3.63, 3.8) is 0 Å². The summed E-state index contributed by atoms with van der Waals surface area (Å²) in [5, 5.41) is 89.6. The van der Waals surface area contributed by atoms with E-state index in [0.717, 1.165) is 0 Å². The van der Waals surface area contributed by atoms with E-state index in [9.17, 15) is 40.9 Å². The summed E-state index contributed by atoms with van der Waals surface area (Å²) in [5.74, 6) is -1.95. The van der Waals surface area contributed by atoms with Crippen LogP contribution in [0.2, 0.25) is 0 Å². The molecule has 5 heterocycles. The fourth-order valence-corrected chi connectivity index (χ4v) is 7.40. The number of nitrogens with one attached hydrogen (secondary N) is 2. The van der Waals surface area contributed by atoms with E-state index in [-0.39, 0.29) is 113 Å². The van der Waals surface area contributed by atoms with Crippen LogP contribution in [0.15, 0.2) is 97.1 Å². The van der Waals surface area contributed by atoms with E-state index in [2.05, 4.69) is 9.97 Å². The molecule has 9 rings (SSSR count). The number of aromatic amines is 2. The highest BCUT2D eigenvalue weighted by molar-refractivity contribution is 6.03. The molecule has 12 heteroatoms. The highest BCUT2D eigenvalue weighted by Crippen LogP contribution is 2.48. The third-order valence-corrected chi connectivity index (χ3v) is 9.84. The highest BCUT2D eigenvalue weighted by atomic mass is 16.3. The number of hydrogen-bond donors (Lipinski definition) is 10. The number of rotatable bonds is 4. The molecule has 0 amide bonds. The molecule has 2 aliphatic heterocycles. The molecule has 274 valence electrons. The van der Waals surface area contributed by atoms with Gasteiger partial charge in [0.25, 0.3) is 0 Å². The number of H-pyrrole nitrogens is 2. The Labute approximate surface area is 316 Å². The molecule has 0 unspecified atom stereocenters. The first kappa shape index (κ1) is 33.7. The Kier molecular flexibility index (Phi) is 7.69. The molecule has 0 saturated carbocycles. The van der Waals surface area contributed by atoms with E-state index in [4.69, 9.17) is 9.97 Å². The van der Waals surface area contributed by atoms with E-state index in [1.165, 1.54) is 72.8 Å². The van der Waals surface area contributed by atoms with Crippen LogP contribution in [0.4, 0.5) is 0 Å². The van der Waals surface area contributed by atoms with Crippen molar-refractivity contribution in [2.75, 3.05) is 0 Å². The van der Waals surface area contributed by atoms with E-state index in [0.29, 0.717) is 22.1 Å². The van der Waals surface area contributed by atoms with Crippen molar-refractivity contribution in [3.8, 4) is 90.5 Å². The Morgan fingerprint density at radius 3 is 0.661 bits per heavy atom. The Balaban J connectivity index is 1.55. The van der Waals surface area contributed by atoms with Gasteiger partial charge in [0.2, 0.25) is 0 Å². The first-order valence-electron chi connectivity index (χ1n) is 17.3. The summed E-state index contributed by atoms with van der Waals surface area (Å²) in [5.41, 5.74) is 3.95. The van der Waals surface area contributed by atoms with Crippen LogP contribution in [0.3, 0.4) is 0 Å². The maximum Gasteiger partial charge on any atom is 0.127 e. The van der Waals surface area contributed by atoms with Crippen LogP contribution < -0.4 is 0 Å². The molecule has 8 bridgehead atoms. The molecule has 56 heavy (non-hydrogen) atoms. The first-order valence-corrected chi connectivity index (χ1v) is 17.3. The third-order valence-electron chi connectivity index (χ3n) is 9.84. The monoisotopic (exact) mass is 742 g/mol. The highest BCUT2D eigenvalue weighted by Gasteiger charge is 2.25. The Morgan fingerprint density at radius 1 is 0.268 bits per heavy atom. The molecule has 0 spiro atoms. The molecular weight excluding hydrogens is 713 g/mol. The van der Waals surface area contributed by atoms with Crippen LogP contribution in [0.25, 0.3) is 90.9 Å². The topological polar surface area (TPSA) is 219 Å². The van der Waals surface area contributed by atoms with Crippen molar-refractivity contribution in [1.29, 1.82) is 0 Å². The zero-order valence-corrected chi connectivity index (χ0v) is 29.0. The summed E-state index contributed by atoms with van der Waals surface area (Å²) in [7, 11) is 0. The summed E-state index contributed by atoms with van der Waals surface area (Å²) < 4.78 is 0. The summed E-state index contributed by atoms with van der Waals surface area (Å²) in [4.78, 5) is 16.6. The Bertz CT molecular complexity index is 2550. The largest absolute Gasteiger partial charge is 0.507 e. The van der Waals surface area contributed by atoms with Crippen LogP contribution in [0, 0.1) is 0 Å².